The third kappa shape index (κ3) is 4.89. The predicted molar refractivity (Wildman–Crippen MR) is 104 cm³/mol. The fraction of sp³-hybridized carbons (Fsp3) is 0.211. The number of alkyl halides is 3. The molecule has 0 bridgehead atoms. The Hall–Kier alpha value is -2.58. The number of nitrogens with one attached hydrogen (secondary N) is 1. The Morgan fingerprint density at radius 2 is 1.83 bits per heavy atom. The minimum absolute atomic E-state index is 0.0667. The van der Waals surface area contributed by atoms with Gasteiger partial charge in [-0.15, -0.1) is 0 Å². The fourth-order valence-corrected chi connectivity index (χ4v) is 2.85. The predicted octanol–water partition coefficient (Wildman–Crippen LogP) is 5.74. The van der Waals surface area contributed by atoms with E-state index in [-0.39, 0.29) is 35.7 Å². The summed E-state index contributed by atoms with van der Waals surface area (Å²) in [6.07, 6.45) is -4.54. The molecule has 29 heavy (non-hydrogen) atoms. The number of esters is 1. The van der Waals surface area contributed by atoms with Crippen LogP contribution >= 0.6 is 23.2 Å². The molecule has 0 unspecified atom stereocenters. The summed E-state index contributed by atoms with van der Waals surface area (Å²) in [6, 6.07) is 7.94. The van der Waals surface area contributed by atoms with E-state index >= 15 is 0 Å². The van der Waals surface area contributed by atoms with Gasteiger partial charge in [0.25, 0.3) is 0 Å². The van der Waals surface area contributed by atoms with Crippen LogP contribution in [0.25, 0.3) is 11.0 Å². The van der Waals surface area contributed by atoms with Crippen molar-refractivity contribution in [3.05, 3.63) is 63.3 Å². The summed E-state index contributed by atoms with van der Waals surface area (Å²) in [6.45, 7) is 1.91. The highest BCUT2D eigenvalue weighted by Gasteiger charge is 2.31. The van der Waals surface area contributed by atoms with E-state index in [2.05, 4.69) is 15.3 Å². The SMILES string of the molecule is CCOC(=O)c1nc2cc(C(F)(F)F)ccc2nc1NCc1ccc(Cl)c(Cl)c1. The van der Waals surface area contributed by atoms with Gasteiger partial charge in [-0.25, -0.2) is 14.8 Å². The molecular formula is C19H14Cl2F3N3O2. The maximum absolute atomic E-state index is 13.0. The summed E-state index contributed by atoms with van der Waals surface area (Å²) >= 11 is 11.9. The lowest BCUT2D eigenvalue weighted by Crippen LogP contribution is -2.14. The Bertz CT molecular complexity index is 1070. The minimum atomic E-state index is -4.54. The molecule has 0 aliphatic carbocycles. The molecular weight excluding hydrogens is 430 g/mol. The van der Waals surface area contributed by atoms with Gasteiger partial charge in [-0.05, 0) is 42.8 Å². The smallest absolute Gasteiger partial charge is 0.416 e. The van der Waals surface area contributed by atoms with Gasteiger partial charge in [-0.1, -0.05) is 29.3 Å². The lowest BCUT2D eigenvalue weighted by atomic mass is 10.2. The first-order valence-corrected chi connectivity index (χ1v) is 9.18. The summed E-state index contributed by atoms with van der Waals surface area (Å²) in [5, 5.41) is 3.71. The number of halogens is 5. The van der Waals surface area contributed by atoms with E-state index in [1.165, 1.54) is 6.07 Å². The highest BCUT2D eigenvalue weighted by molar-refractivity contribution is 6.42. The van der Waals surface area contributed by atoms with E-state index in [0.717, 1.165) is 17.7 Å². The number of hydrogen-bond acceptors (Lipinski definition) is 5. The quantitative estimate of drug-likeness (QED) is 0.509. The van der Waals surface area contributed by atoms with Crippen molar-refractivity contribution in [1.29, 1.82) is 0 Å². The Morgan fingerprint density at radius 1 is 1.07 bits per heavy atom. The Kier molecular flexibility index (Phi) is 6.14. The first kappa shape index (κ1) is 21.1. The molecule has 1 heterocycles. The maximum Gasteiger partial charge on any atom is 0.416 e. The largest absolute Gasteiger partial charge is 0.461 e. The molecule has 0 amide bonds. The second-order valence-electron chi connectivity index (χ2n) is 5.94. The third-order valence-corrected chi connectivity index (χ3v) is 4.64. The second kappa shape index (κ2) is 8.42. The molecule has 2 aromatic carbocycles. The molecule has 0 aliphatic heterocycles. The van der Waals surface area contributed by atoms with Crippen LogP contribution in [0.5, 0.6) is 0 Å². The Labute approximate surface area is 173 Å². The van der Waals surface area contributed by atoms with Crippen LogP contribution in [0.15, 0.2) is 36.4 Å². The van der Waals surface area contributed by atoms with Crippen LogP contribution in [0.2, 0.25) is 10.0 Å². The average Bonchev–Trinajstić information content (AvgIpc) is 2.67. The molecule has 1 aromatic heterocycles. The van der Waals surface area contributed by atoms with Crippen LogP contribution in [0, 0.1) is 0 Å². The third-order valence-electron chi connectivity index (χ3n) is 3.90. The molecule has 10 heteroatoms. The van der Waals surface area contributed by atoms with E-state index in [1.807, 2.05) is 0 Å². The number of nitrogens with zero attached hydrogens (tertiary/aromatic N) is 2. The molecule has 0 saturated heterocycles. The van der Waals surface area contributed by atoms with E-state index < -0.39 is 17.7 Å². The number of carbonyl (C=O) groups is 1. The molecule has 0 spiro atoms. The molecule has 0 saturated carbocycles. The normalized spacial score (nSPS) is 11.5. The number of anilines is 1. The summed E-state index contributed by atoms with van der Waals surface area (Å²) in [7, 11) is 0. The molecule has 0 aliphatic rings. The topological polar surface area (TPSA) is 64.1 Å². The van der Waals surface area contributed by atoms with Gasteiger partial charge < -0.3 is 10.1 Å². The summed E-state index contributed by atoms with van der Waals surface area (Å²) in [4.78, 5) is 20.6. The van der Waals surface area contributed by atoms with Gasteiger partial charge in [-0.2, -0.15) is 13.2 Å². The van der Waals surface area contributed by atoms with Crippen molar-refractivity contribution in [2.75, 3.05) is 11.9 Å². The van der Waals surface area contributed by atoms with E-state index in [9.17, 15) is 18.0 Å². The maximum atomic E-state index is 13.0. The Morgan fingerprint density at radius 3 is 2.48 bits per heavy atom. The van der Waals surface area contributed by atoms with Crippen LogP contribution in [-0.4, -0.2) is 22.5 Å². The molecule has 0 radical (unpaired) electrons. The molecule has 5 nitrogen and oxygen atoms in total. The van der Waals surface area contributed by atoms with Crippen molar-refractivity contribution in [3.8, 4) is 0 Å². The van der Waals surface area contributed by atoms with Crippen molar-refractivity contribution < 1.29 is 22.7 Å². The van der Waals surface area contributed by atoms with Gasteiger partial charge in [0, 0.05) is 6.54 Å². The highest BCUT2D eigenvalue weighted by atomic mass is 35.5. The van der Waals surface area contributed by atoms with Crippen LogP contribution in [0.4, 0.5) is 19.0 Å². The van der Waals surface area contributed by atoms with Gasteiger partial charge >= 0.3 is 12.1 Å². The summed E-state index contributed by atoms with van der Waals surface area (Å²) < 4.78 is 43.9. The second-order valence-corrected chi connectivity index (χ2v) is 6.76. The zero-order chi connectivity index (χ0) is 21.2. The van der Waals surface area contributed by atoms with Gasteiger partial charge in [0.15, 0.2) is 11.5 Å². The van der Waals surface area contributed by atoms with Gasteiger partial charge in [-0.3, -0.25) is 0 Å². The number of aromatic nitrogens is 2. The zero-order valence-electron chi connectivity index (χ0n) is 15.0. The van der Waals surface area contributed by atoms with Crippen LogP contribution in [0.3, 0.4) is 0 Å². The van der Waals surface area contributed by atoms with Gasteiger partial charge in [0.2, 0.25) is 0 Å². The standard InChI is InChI=1S/C19H14Cl2F3N3O2/c1-2-29-18(28)16-17(25-9-10-3-5-12(20)13(21)7-10)27-14-6-4-11(19(22,23)24)8-15(14)26-16/h3-8H,2,9H2,1H3,(H,25,27). The highest BCUT2D eigenvalue weighted by Crippen LogP contribution is 2.31. The van der Waals surface area contributed by atoms with Crippen molar-refractivity contribution in [1.82, 2.24) is 9.97 Å². The lowest BCUT2D eigenvalue weighted by molar-refractivity contribution is -0.137. The van der Waals surface area contributed by atoms with Crippen molar-refractivity contribution in [3.63, 3.8) is 0 Å². The number of ether oxygens (including phenoxy) is 1. The number of fused-ring (bicyclic) bond motifs is 1. The minimum Gasteiger partial charge on any atom is -0.461 e. The Balaban J connectivity index is 2.00. The lowest BCUT2D eigenvalue weighted by Gasteiger charge is -2.13. The molecule has 3 aromatic rings. The van der Waals surface area contributed by atoms with E-state index in [4.69, 9.17) is 27.9 Å². The molecule has 152 valence electrons. The number of carbonyl (C=O) groups excluding carboxylic acids is 1. The van der Waals surface area contributed by atoms with Crippen molar-refractivity contribution in [2.24, 2.45) is 0 Å². The number of hydrogen-bond donors (Lipinski definition) is 1. The van der Waals surface area contributed by atoms with Crippen molar-refractivity contribution in [2.45, 2.75) is 19.6 Å². The van der Waals surface area contributed by atoms with E-state index in [1.54, 1.807) is 25.1 Å². The van der Waals surface area contributed by atoms with Crippen LogP contribution < -0.4 is 5.32 Å². The van der Waals surface area contributed by atoms with E-state index in [0.29, 0.717) is 10.0 Å². The van der Waals surface area contributed by atoms with Gasteiger partial charge in [0.05, 0.1) is 33.2 Å². The summed E-state index contributed by atoms with van der Waals surface area (Å²) in [5.41, 5.74) is -0.210. The van der Waals surface area contributed by atoms with Crippen molar-refractivity contribution >= 4 is 46.0 Å². The fourth-order valence-electron chi connectivity index (χ4n) is 2.53. The monoisotopic (exact) mass is 443 g/mol. The zero-order valence-corrected chi connectivity index (χ0v) is 16.5. The van der Waals surface area contributed by atoms with Crippen LogP contribution in [0.1, 0.15) is 28.5 Å². The summed E-state index contributed by atoms with van der Waals surface area (Å²) in [5.74, 6) is -0.710. The number of benzene rings is 2. The van der Waals surface area contributed by atoms with Gasteiger partial charge in [0.1, 0.15) is 0 Å². The average molecular weight is 444 g/mol. The molecule has 1 N–H and O–H groups in total. The number of rotatable bonds is 5. The first-order chi connectivity index (χ1) is 13.7. The molecule has 0 atom stereocenters. The van der Waals surface area contributed by atoms with Crippen LogP contribution in [-0.2, 0) is 17.5 Å². The molecule has 0 fully saturated rings. The molecule has 3 rings (SSSR count). The first-order valence-electron chi connectivity index (χ1n) is 8.43.